The molecule has 2 aromatic rings. The van der Waals surface area contributed by atoms with E-state index in [9.17, 15) is 27.9 Å². The molecule has 0 aliphatic heterocycles. The normalized spacial score (nSPS) is 13.0. The molecule has 2 rings (SSSR count). The summed E-state index contributed by atoms with van der Waals surface area (Å²) in [4.78, 5) is 35.7. The van der Waals surface area contributed by atoms with Crippen molar-refractivity contribution in [1.82, 2.24) is 15.6 Å². The van der Waals surface area contributed by atoms with Gasteiger partial charge in [0.1, 0.15) is 6.04 Å². The third-order valence-corrected chi connectivity index (χ3v) is 5.55. The van der Waals surface area contributed by atoms with E-state index in [1.54, 1.807) is 18.2 Å². The van der Waals surface area contributed by atoms with E-state index in [4.69, 9.17) is 16.3 Å². The van der Waals surface area contributed by atoms with Crippen molar-refractivity contribution in [2.24, 2.45) is 0 Å². The number of nitrogens with one attached hydrogen (secondary N) is 3. The van der Waals surface area contributed by atoms with Gasteiger partial charge in [-0.25, -0.2) is 8.42 Å². The van der Waals surface area contributed by atoms with Crippen LogP contribution in [0.2, 0.25) is 5.02 Å². The van der Waals surface area contributed by atoms with Gasteiger partial charge in [0, 0.05) is 10.6 Å². The van der Waals surface area contributed by atoms with Gasteiger partial charge in [0.15, 0.2) is 6.61 Å². The Morgan fingerprint density at radius 1 is 1.03 bits per heavy atom. The zero-order valence-corrected chi connectivity index (χ0v) is 17.8. The SMILES string of the molecule is C[C@@H](O)[C@@H](NS(=O)(=O)c1ccc(Cl)cc1)C(=O)OCC(=O)NNC(=O)c1ccccc1. The van der Waals surface area contributed by atoms with Crippen LogP contribution >= 0.6 is 11.6 Å². The number of amides is 2. The number of sulfonamides is 1. The van der Waals surface area contributed by atoms with Crippen molar-refractivity contribution in [3.8, 4) is 0 Å². The summed E-state index contributed by atoms with van der Waals surface area (Å²) in [5, 5.41) is 10.1. The van der Waals surface area contributed by atoms with Crippen molar-refractivity contribution in [3.63, 3.8) is 0 Å². The molecule has 0 spiro atoms. The Bertz CT molecular complexity index is 1030. The van der Waals surface area contributed by atoms with Crippen LogP contribution in [0.1, 0.15) is 17.3 Å². The minimum atomic E-state index is -4.18. The number of aliphatic hydroxyl groups excluding tert-OH is 1. The van der Waals surface area contributed by atoms with Crippen LogP contribution in [0.5, 0.6) is 0 Å². The Labute approximate surface area is 183 Å². The van der Waals surface area contributed by atoms with E-state index in [0.717, 1.165) is 0 Å². The van der Waals surface area contributed by atoms with Crippen LogP contribution in [-0.2, 0) is 24.3 Å². The first-order valence-corrected chi connectivity index (χ1v) is 10.7. The van der Waals surface area contributed by atoms with E-state index in [0.29, 0.717) is 10.6 Å². The summed E-state index contributed by atoms with van der Waals surface area (Å²) in [5.41, 5.74) is 4.49. The molecule has 166 valence electrons. The molecule has 12 heteroatoms. The van der Waals surface area contributed by atoms with Gasteiger partial charge in [-0.3, -0.25) is 25.2 Å². The first-order valence-electron chi connectivity index (χ1n) is 8.87. The minimum absolute atomic E-state index is 0.184. The van der Waals surface area contributed by atoms with Crippen LogP contribution in [0.3, 0.4) is 0 Å². The van der Waals surface area contributed by atoms with Crippen LogP contribution < -0.4 is 15.6 Å². The van der Waals surface area contributed by atoms with Crippen LogP contribution in [0.15, 0.2) is 59.5 Å². The van der Waals surface area contributed by atoms with Crippen molar-refractivity contribution in [1.29, 1.82) is 0 Å². The Kier molecular flexibility index (Phi) is 8.51. The minimum Gasteiger partial charge on any atom is -0.454 e. The summed E-state index contributed by atoms with van der Waals surface area (Å²) in [6, 6.07) is 11.5. The van der Waals surface area contributed by atoms with Crippen molar-refractivity contribution < 1.29 is 32.6 Å². The number of halogens is 1. The summed E-state index contributed by atoms with van der Waals surface area (Å²) >= 11 is 5.73. The molecule has 2 aromatic carbocycles. The third-order valence-electron chi connectivity index (χ3n) is 3.84. The van der Waals surface area contributed by atoms with Gasteiger partial charge in [-0.1, -0.05) is 29.8 Å². The summed E-state index contributed by atoms with van der Waals surface area (Å²) < 4.78 is 31.6. The maximum absolute atomic E-state index is 12.4. The zero-order valence-electron chi connectivity index (χ0n) is 16.2. The Morgan fingerprint density at radius 2 is 1.65 bits per heavy atom. The lowest BCUT2D eigenvalue weighted by Crippen LogP contribution is -2.49. The quantitative estimate of drug-likeness (QED) is 0.322. The van der Waals surface area contributed by atoms with Gasteiger partial charge >= 0.3 is 5.97 Å². The molecule has 0 unspecified atom stereocenters. The average Bonchev–Trinajstić information content (AvgIpc) is 2.74. The van der Waals surface area contributed by atoms with Crippen molar-refractivity contribution in [2.45, 2.75) is 24.0 Å². The van der Waals surface area contributed by atoms with Crippen molar-refractivity contribution >= 4 is 39.4 Å². The number of carbonyl (C=O) groups is 3. The number of esters is 1. The van der Waals surface area contributed by atoms with Crippen molar-refractivity contribution in [2.75, 3.05) is 6.61 Å². The van der Waals surface area contributed by atoms with E-state index in [1.807, 2.05) is 4.72 Å². The second-order valence-electron chi connectivity index (χ2n) is 6.27. The Morgan fingerprint density at radius 3 is 2.23 bits per heavy atom. The molecule has 0 aromatic heterocycles. The molecule has 10 nitrogen and oxygen atoms in total. The number of rotatable bonds is 8. The summed E-state index contributed by atoms with van der Waals surface area (Å²) in [5.74, 6) is -2.64. The number of hydrazine groups is 1. The Hall–Kier alpha value is -2.99. The maximum Gasteiger partial charge on any atom is 0.327 e. The van der Waals surface area contributed by atoms with Gasteiger partial charge in [0.05, 0.1) is 11.0 Å². The third kappa shape index (κ3) is 7.33. The van der Waals surface area contributed by atoms with Crippen LogP contribution in [0, 0.1) is 0 Å². The fourth-order valence-corrected chi connectivity index (χ4v) is 3.63. The van der Waals surface area contributed by atoms with E-state index < -0.39 is 46.6 Å². The van der Waals surface area contributed by atoms with Crippen LogP contribution in [0.4, 0.5) is 0 Å². The Balaban J connectivity index is 1.91. The lowest BCUT2D eigenvalue weighted by molar-refractivity contribution is -0.152. The molecule has 2 amide bonds. The fourth-order valence-electron chi connectivity index (χ4n) is 2.24. The number of aliphatic hydroxyl groups is 1. The first kappa shape index (κ1) is 24.3. The molecule has 0 saturated heterocycles. The lowest BCUT2D eigenvalue weighted by atomic mass is 10.2. The highest BCUT2D eigenvalue weighted by atomic mass is 35.5. The molecule has 0 saturated carbocycles. The molecular formula is C19H20ClN3O7S. The highest BCUT2D eigenvalue weighted by Gasteiger charge is 2.31. The van der Waals surface area contributed by atoms with E-state index in [-0.39, 0.29) is 4.90 Å². The molecule has 2 atom stereocenters. The maximum atomic E-state index is 12.4. The summed E-state index contributed by atoms with van der Waals surface area (Å²) in [7, 11) is -4.18. The molecule has 4 N–H and O–H groups in total. The van der Waals surface area contributed by atoms with Gasteiger partial charge < -0.3 is 9.84 Å². The average molecular weight is 470 g/mol. The summed E-state index contributed by atoms with van der Waals surface area (Å²) in [6.45, 7) is 0.357. The number of benzene rings is 2. The molecular weight excluding hydrogens is 450 g/mol. The van der Waals surface area contributed by atoms with Crippen LogP contribution in [0.25, 0.3) is 0 Å². The van der Waals surface area contributed by atoms with Crippen LogP contribution in [-0.4, -0.2) is 50.1 Å². The molecule has 0 aliphatic carbocycles. The van der Waals surface area contributed by atoms with Gasteiger partial charge in [0.2, 0.25) is 10.0 Å². The number of carbonyl (C=O) groups excluding carboxylic acids is 3. The predicted octanol–water partition coefficient (Wildman–Crippen LogP) is 0.372. The molecule has 0 radical (unpaired) electrons. The molecule has 0 fully saturated rings. The van der Waals surface area contributed by atoms with E-state index in [2.05, 4.69) is 10.9 Å². The van der Waals surface area contributed by atoms with Gasteiger partial charge in [-0.05, 0) is 43.3 Å². The predicted molar refractivity (Wildman–Crippen MR) is 110 cm³/mol. The fraction of sp³-hybridized carbons (Fsp3) is 0.211. The molecule has 0 heterocycles. The zero-order chi connectivity index (χ0) is 23.0. The van der Waals surface area contributed by atoms with Crippen molar-refractivity contribution in [3.05, 3.63) is 65.2 Å². The topological polar surface area (TPSA) is 151 Å². The second kappa shape index (κ2) is 10.9. The number of hydrogen-bond donors (Lipinski definition) is 4. The lowest BCUT2D eigenvalue weighted by Gasteiger charge is -2.20. The smallest absolute Gasteiger partial charge is 0.327 e. The molecule has 0 aliphatic rings. The van der Waals surface area contributed by atoms with Gasteiger partial charge in [-0.2, -0.15) is 4.72 Å². The molecule has 0 bridgehead atoms. The molecule has 31 heavy (non-hydrogen) atoms. The summed E-state index contributed by atoms with van der Waals surface area (Å²) in [6.07, 6.45) is -1.46. The van der Waals surface area contributed by atoms with E-state index in [1.165, 1.54) is 43.3 Å². The standard InChI is InChI=1S/C19H20ClN3O7S/c1-12(24)17(23-31(28,29)15-9-7-14(20)8-10-15)19(27)30-11-16(25)21-22-18(26)13-5-3-2-4-6-13/h2-10,12,17,23-24H,11H2,1H3,(H,21,25)(H,22,26)/t12-,17-/m1/s1. The number of ether oxygens (including phenoxy) is 1. The first-order chi connectivity index (χ1) is 14.6. The van der Waals surface area contributed by atoms with Gasteiger partial charge in [-0.15, -0.1) is 0 Å². The van der Waals surface area contributed by atoms with Gasteiger partial charge in [0.25, 0.3) is 11.8 Å². The highest BCUT2D eigenvalue weighted by molar-refractivity contribution is 7.89. The largest absolute Gasteiger partial charge is 0.454 e. The number of hydrogen-bond acceptors (Lipinski definition) is 7. The highest BCUT2D eigenvalue weighted by Crippen LogP contribution is 2.15. The monoisotopic (exact) mass is 469 g/mol. The van der Waals surface area contributed by atoms with E-state index >= 15 is 0 Å². The second-order valence-corrected chi connectivity index (χ2v) is 8.42.